The molecule has 2 heterocycles. The largest absolute Gasteiger partial charge is 1.00 e. The summed E-state index contributed by atoms with van der Waals surface area (Å²) in [7, 11) is 0. The van der Waals surface area contributed by atoms with E-state index >= 15 is 0 Å². The quantitative estimate of drug-likeness (QED) is 0.219. The Morgan fingerprint density at radius 3 is 2.00 bits per heavy atom. The first kappa shape index (κ1) is 28.1. The van der Waals surface area contributed by atoms with E-state index in [0.29, 0.717) is 16.7 Å². The van der Waals surface area contributed by atoms with Crippen LogP contribution in [0.2, 0.25) is 0 Å². The van der Waals surface area contributed by atoms with Crippen LogP contribution >= 0.6 is 11.8 Å². The molecule has 210 valence electrons. The third kappa shape index (κ3) is 3.78. The summed E-state index contributed by atoms with van der Waals surface area (Å²) < 4.78 is 1.64. The smallest absolute Gasteiger partial charge is 0.234 e. The van der Waals surface area contributed by atoms with Crippen LogP contribution in [0.4, 0.5) is 11.4 Å². The Bertz CT molecular complexity index is 2010. The average molecular weight is 594 g/mol. The predicted molar refractivity (Wildman–Crippen MR) is 167 cm³/mol. The zero-order chi connectivity index (χ0) is 28.8. The minimum absolute atomic E-state index is 0. The molecule has 1 N–H and O–H groups in total. The Hall–Kier alpha value is -3.99. The molecule has 0 radical (unpaired) electrons. The molecule has 0 saturated carbocycles. The summed E-state index contributed by atoms with van der Waals surface area (Å²) in [5.41, 5.74) is 6.52. The molecule has 6 heteroatoms. The Kier molecular flexibility index (Phi) is 6.38. The third-order valence-electron chi connectivity index (χ3n) is 9.17. The lowest BCUT2D eigenvalue weighted by atomic mass is 9.78. The highest BCUT2D eigenvalue weighted by atomic mass is 35.5. The van der Waals surface area contributed by atoms with Gasteiger partial charge in [-0.15, -0.1) is 0 Å². The van der Waals surface area contributed by atoms with E-state index in [2.05, 4.69) is 75.2 Å². The van der Waals surface area contributed by atoms with E-state index < -0.39 is 17.0 Å². The second-order valence-electron chi connectivity index (χ2n) is 12.2. The SMILES string of the molecule is CC1=C(/C=C2\N(Cl)c3ccc4ccccc4c3C2(C)C)C(=O)C(=O)/C1=C\C1=[NH+]c2ccc3ccccc3c2C1(C)C.[Cl-]. The lowest BCUT2D eigenvalue weighted by molar-refractivity contribution is -0.349. The second-order valence-corrected chi connectivity index (χ2v) is 12.6. The monoisotopic (exact) mass is 592 g/mol. The van der Waals surface area contributed by atoms with Crippen molar-refractivity contribution in [3.8, 4) is 0 Å². The first-order valence-corrected chi connectivity index (χ1v) is 14.2. The minimum Gasteiger partial charge on any atom is -1.00 e. The molecule has 3 aliphatic rings. The van der Waals surface area contributed by atoms with E-state index in [-0.39, 0.29) is 17.8 Å². The molecule has 2 aliphatic heterocycles. The number of Topliss-reactive ketones (excluding diaryl/α,β-unsaturated/α-hetero) is 2. The van der Waals surface area contributed by atoms with Crippen LogP contribution in [-0.2, 0) is 20.4 Å². The number of nitrogens with zero attached hydrogens (tertiary/aromatic N) is 1. The van der Waals surface area contributed by atoms with Crippen LogP contribution in [0, 0.1) is 0 Å². The van der Waals surface area contributed by atoms with Crippen molar-refractivity contribution in [1.82, 2.24) is 0 Å². The second kappa shape index (κ2) is 9.52. The minimum atomic E-state index is -0.498. The van der Waals surface area contributed by atoms with Crippen molar-refractivity contribution in [1.29, 1.82) is 0 Å². The highest BCUT2D eigenvalue weighted by molar-refractivity contribution is 6.54. The van der Waals surface area contributed by atoms with Gasteiger partial charge >= 0.3 is 0 Å². The zero-order valence-electron chi connectivity index (χ0n) is 24.1. The molecule has 0 unspecified atom stereocenters. The predicted octanol–water partition coefficient (Wildman–Crippen LogP) is 3.67. The summed E-state index contributed by atoms with van der Waals surface area (Å²) in [5.74, 6) is -0.984. The molecule has 7 rings (SSSR count). The topological polar surface area (TPSA) is 51.4 Å². The number of hydrogen-bond acceptors (Lipinski definition) is 3. The summed E-state index contributed by atoms with van der Waals surface area (Å²) >= 11 is 6.93. The van der Waals surface area contributed by atoms with E-state index in [1.54, 1.807) is 4.42 Å². The maximum atomic E-state index is 13.5. The van der Waals surface area contributed by atoms with Gasteiger partial charge in [0.25, 0.3) is 0 Å². The van der Waals surface area contributed by atoms with Gasteiger partial charge in [-0.2, -0.15) is 0 Å². The maximum absolute atomic E-state index is 13.5. The number of allylic oxidation sites excluding steroid dienone is 6. The molecule has 4 aromatic rings. The maximum Gasteiger partial charge on any atom is 0.234 e. The molecule has 0 amide bonds. The molecule has 0 saturated heterocycles. The van der Waals surface area contributed by atoms with Crippen LogP contribution in [0.25, 0.3) is 21.5 Å². The zero-order valence-corrected chi connectivity index (χ0v) is 25.6. The molecule has 0 aromatic heterocycles. The van der Waals surface area contributed by atoms with E-state index in [1.165, 1.54) is 16.3 Å². The van der Waals surface area contributed by atoms with Gasteiger partial charge in [0, 0.05) is 51.7 Å². The van der Waals surface area contributed by atoms with Crippen molar-refractivity contribution < 1.29 is 27.0 Å². The van der Waals surface area contributed by atoms with Gasteiger partial charge in [-0.1, -0.05) is 68.4 Å². The number of carbonyl (C=O) groups is 2. The van der Waals surface area contributed by atoms with Crippen molar-refractivity contribution in [2.75, 3.05) is 4.42 Å². The number of rotatable bonds is 2. The Balaban J connectivity index is 0.00000316. The molecule has 0 spiro atoms. The number of halogens is 2. The summed E-state index contributed by atoms with van der Waals surface area (Å²) in [5, 5.41) is 4.61. The Morgan fingerprint density at radius 2 is 1.33 bits per heavy atom. The first-order chi connectivity index (χ1) is 19.5. The highest BCUT2D eigenvalue weighted by Crippen LogP contribution is 2.52. The van der Waals surface area contributed by atoms with Gasteiger partial charge in [-0.3, -0.25) is 14.0 Å². The number of anilines is 1. The Labute approximate surface area is 256 Å². The molecule has 4 nitrogen and oxygen atoms in total. The van der Waals surface area contributed by atoms with Crippen molar-refractivity contribution in [3.05, 3.63) is 118 Å². The van der Waals surface area contributed by atoms with Crippen LogP contribution in [0.5, 0.6) is 0 Å². The van der Waals surface area contributed by atoms with Crippen molar-refractivity contribution in [2.24, 2.45) is 0 Å². The van der Waals surface area contributed by atoms with E-state index in [4.69, 9.17) is 11.8 Å². The van der Waals surface area contributed by atoms with Crippen molar-refractivity contribution in [2.45, 2.75) is 45.4 Å². The van der Waals surface area contributed by atoms with Gasteiger partial charge in [0.15, 0.2) is 5.71 Å². The fraction of sp³-hybridized carbons (Fsp3) is 0.194. The van der Waals surface area contributed by atoms with Crippen molar-refractivity contribution >= 4 is 62.0 Å². The molecule has 0 fully saturated rings. The number of fused-ring (bicyclic) bond motifs is 6. The number of nitrogens with one attached hydrogen (secondary N) is 1. The molecule has 42 heavy (non-hydrogen) atoms. The van der Waals surface area contributed by atoms with Gasteiger partial charge in [0.2, 0.25) is 17.3 Å². The number of ketones is 2. The van der Waals surface area contributed by atoms with Crippen LogP contribution in [0.1, 0.15) is 45.7 Å². The van der Waals surface area contributed by atoms with E-state index in [0.717, 1.165) is 39.1 Å². The summed E-state index contributed by atoms with van der Waals surface area (Å²) in [6.45, 7) is 10.4. The fourth-order valence-electron chi connectivity index (χ4n) is 6.88. The van der Waals surface area contributed by atoms with Crippen LogP contribution in [-0.4, -0.2) is 17.3 Å². The standard InChI is InChI=1S/C36H29ClN2O2.ClH/c1-20-25(18-29-35(2,3)31-23-12-8-6-10-21(23)14-16-27(31)38-29)33(40)34(41)26(20)19-30-36(4,5)32-24-13-9-7-11-22(24)15-17-28(32)39(30)37;/h6-19H,1-5H3;1H/b25-18-,30-19-;. The van der Waals surface area contributed by atoms with Gasteiger partial charge < -0.3 is 12.4 Å². The summed E-state index contributed by atoms with van der Waals surface area (Å²) in [6.07, 6.45) is 3.69. The van der Waals surface area contributed by atoms with Gasteiger partial charge in [0.05, 0.1) is 11.1 Å². The summed E-state index contributed by atoms with van der Waals surface area (Å²) in [6, 6.07) is 24.9. The van der Waals surface area contributed by atoms with Crippen LogP contribution in [0.3, 0.4) is 0 Å². The molecule has 1 aliphatic carbocycles. The van der Waals surface area contributed by atoms with Crippen molar-refractivity contribution in [3.63, 3.8) is 0 Å². The van der Waals surface area contributed by atoms with Gasteiger partial charge in [-0.05, 0) is 71.7 Å². The van der Waals surface area contributed by atoms with E-state index in [9.17, 15) is 9.59 Å². The highest BCUT2D eigenvalue weighted by Gasteiger charge is 2.45. The first-order valence-electron chi connectivity index (χ1n) is 13.9. The van der Waals surface area contributed by atoms with Gasteiger partial charge in [-0.25, -0.2) is 4.99 Å². The lowest BCUT2D eigenvalue weighted by Crippen LogP contribution is -3.00. The number of hydrogen-bond donors (Lipinski definition) is 1. The fourth-order valence-corrected chi connectivity index (χ4v) is 7.28. The average Bonchev–Trinajstić information content (AvgIpc) is 3.42. The Morgan fingerprint density at radius 1 is 0.738 bits per heavy atom. The number of benzene rings is 4. The molecule has 0 bridgehead atoms. The molecular formula is C36H30Cl2N2O2. The molecule has 4 aromatic carbocycles. The lowest BCUT2D eigenvalue weighted by Gasteiger charge is -2.23. The molecular weight excluding hydrogens is 563 g/mol. The summed E-state index contributed by atoms with van der Waals surface area (Å²) in [4.78, 5) is 30.5. The van der Waals surface area contributed by atoms with Crippen LogP contribution < -0.4 is 21.8 Å². The number of carbonyl (C=O) groups excluding carboxylic acids is 2. The van der Waals surface area contributed by atoms with E-state index in [1.807, 2.05) is 49.4 Å². The normalized spacial score (nSPS) is 20.5. The molecule has 0 atom stereocenters. The van der Waals surface area contributed by atoms with Gasteiger partial charge in [0.1, 0.15) is 0 Å². The van der Waals surface area contributed by atoms with Crippen LogP contribution in [0.15, 0.2) is 107 Å². The third-order valence-corrected chi connectivity index (χ3v) is 9.53.